The lowest BCUT2D eigenvalue weighted by atomic mass is 9.93. The first-order chi connectivity index (χ1) is 28.5. The second-order valence-corrected chi connectivity index (χ2v) is 18.8. The first kappa shape index (κ1) is 56.8. The zero-order valence-corrected chi connectivity index (χ0v) is 39.7. The fourth-order valence-electron chi connectivity index (χ4n) is 8.88. The van der Waals surface area contributed by atoms with E-state index in [9.17, 15) is 19.5 Å². The van der Waals surface area contributed by atoms with Crippen molar-refractivity contribution in [2.24, 2.45) is 5.92 Å². The van der Waals surface area contributed by atoms with Gasteiger partial charge >= 0.3 is 5.97 Å². The Labute approximate surface area is 363 Å². The van der Waals surface area contributed by atoms with Crippen LogP contribution in [-0.4, -0.2) is 22.6 Å². The highest BCUT2D eigenvalue weighted by atomic mass is 16.4. The van der Waals surface area contributed by atoms with Crippen LogP contribution in [0.2, 0.25) is 0 Å². The summed E-state index contributed by atoms with van der Waals surface area (Å²) >= 11 is 0. The van der Waals surface area contributed by atoms with E-state index in [0.717, 1.165) is 57.8 Å². The molecule has 0 bridgehead atoms. The van der Waals surface area contributed by atoms with Crippen molar-refractivity contribution in [2.45, 2.75) is 322 Å². The standard InChI is InChI=1S/C54H104O4/c1-3-5-7-9-11-13-15-17-20-23-27-31-35-39-43-47-51(55)48-44-40-36-32-28-24-21-19-22-26-30-34-38-42-46-50-53(56)52(54(57)58)49-45-41-37-33-29-25-18-16-14-12-10-8-6-4-2/h52H,3-50H2,1-2H3,(H,57,58). The van der Waals surface area contributed by atoms with Gasteiger partial charge in [-0.15, -0.1) is 0 Å². The van der Waals surface area contributed by atoms with Gasteiger partial charge in [0.25, 0.3) is 0 Å². The van der Waals surface area contributed by atoms with E-state index in [-0.39, 0.29) is 5.78 Å². The molecule has 344 valence electrons. The number of ketones is 2. The molecule has 0 heterocycles. The summed E-state index contributed by atoms with van der Waals surface area (Å²) in [4.78, 5) is 36.7. The number of carboxylic acid groups (broad SMARTS) is 1. The smallest absolute Gasteiger partial charge is 0.314 e. The predicted octanol–water partition coefficient (Wildman–Crippen LogP) is 18.6. The fraction of sp³-hybridized carbons (Fsp3) is 0.944. The molecule has 0 radical (unpaired) electrons. The average Bonchev–Trinajstić information content (AvgIpc) is 3.21. The molecule has 0 fully saturated rings. The van der Waals surface area contributed by atoms with Gasteiger partial charge in [-0.2, -0.15) is 0 Å². The van der Waals surface area contributed by atoms with Gasteiger partial charge in [0, 0.05) is 19.3 Å². The number of unbranched alkanes of at least 4 members (excludes halogenated alkanes) is 41. The van der Waals surface area contributed by atoms with Crippen LogP contribution in [0.4, 0.5) is 0 Å². The van der Waals surface area contributed by atoms with Crippen LogP contribution in [0, 0.1) is 5.92 Å². The molecule has 4 nitrogen and oxygen atoms in total. The van der Waals surface area contributed by atoms with Crippen LogP contribution < -0.4 is 0 Å². The van der Waals surface area contributed by atoms with Crippen molar-refractivity contribution in [2.75, 3.05) is 0 Å². The number of carbonyl (C=O) groups is 3. The summed E-state index contributed by atoms with van der Waals surface area (Å²) in [6.45, 7) is 4.56. The zero-order valence-electron chi connectivity index (χ0n) is 39.7. The normalized spacial score (nSPS) is 12.0. The van der Waals surface area contributed by atoms with Gasteiger partial charge in [-0.05, 0) is 25.7 Å². The summed E-state index contributed by atoms with van der Waals surface area (Å²) in [6.07, 6.45) is 59.7. The van der Waals surface area contributed by atoms with E-state index in [1.54, 1.807) is 0 Å². The SMILES string of the molecule is CCCCCCCCCCCCCCCCCC(=O)CCCCCCCCCCCCCCCCCC(=O)C(CCCCCCCCCCCCCCCC)C(=O)O. The van der Waals surface area contributed by atoms with Crippen LogP contribution in [0.15, 0.2) is 0 Å². The van der Waals surface area contributed by atoms with E-state index in [1.807, 2.05) is 0 Å². The van der Waals surface area contributed by atoms with Gasteiger partial charge in [0.15, 0.2) is 0 Å². The molecule has 1 unspecified atom stereocenters. The number of carboxylic acids is 1. The minimum Gasteiger partial charge on any atom is -0.481 e. The van der Waals surface area contributed by atoms with Gasteiger partial charge in [0.1, 0.15) is 17.5 Å². The minimum atomic E-state index is -0.913. The maximum Gasteiger partial charge on any atom is 0.314 e. The topological polar surface area (TPSA) is 71.4 Å². The second kappa shape index (κ2) is 48.5. The van der Waals surface area contributed by atoms with E-state index < -0.39 is 11.9 Å². The van der Waals surface area contributed by atoms with Crippen molar-refractivity contribution in [3.8, 4) is 0 Å². The van der Waals surface area contributed by atoms with Crippen molar-refractivity contribution in [3.63, 3.8) is 0 Å². The van der Waals surface area contributed by atoms with Crippen LogP contribution in [0.3, 0.4) is 0 Å². The highest BCUT2D eigenvalue weighted by Gasteiger charge is 2.24. The summed E-state index contributed by atoms with van der Waals surface area (Å²) in [5.41, 5.74) is 0. The van der Waals surface area contributed by atoms with Crippen molar-refractivity contribution in [3.05, 3.63) is 0 Å². The van der Waals surface area contributed by atoms with Crippen molar-refractivity contribution in [1.29, 1.82) is 0 Å². The van der Waals surface area contributed by atoms with Crippen LogP contribution in [-0.2, 0) is 14.4 Å². The average molecular weight is 817 g/mol. The number of Topliss-reactive ketones (excluding diaryl/α,β-unsaturated/α-hetero) is 2. The van der Waals surface area contributed by atoms with Gasteiger partial charge in [-0.1, -0.05) is 277 Å². The number of rotatable bonds is 51. The molecule has 0 saturated carbocycles. The summed E-state index contributed by atoms with van der Waals surface area (Å²) in [7, 11) is 0. The molecule has 1 atom stereocenters. The van der Waals surface area contributed by atoms with E-state index >= 15 is 0 Å². The number of hydrogen-bond donors (Lipinski definition) is 1. The third-order valence-electron chi connectivity index (χ3n) is 13.0. The highest BCUT2D eigenvalue weighted by molar-refractivity contribution is 5.98. The molecule has 0 spiro atoms. The molecule has 0 rings (SSSR count). The van der Waals surface area contributed by atoms with Crippen molar-refractivity contribution in [1.82, 2.24) is 0 Å². The van der Waals surface area contributed by atoms with E-state index in [2.05, 4.69) is 13.8 Å². The largest absolute Gasteiger partial charge is 0.481 e. The monoisotopic (exact) mass is 817 g/mol. The minimum absolute atomic E-state index is 0.0435. The second-order valence-electron chi connectivity index (χ2n) is 18.8. The third-order valence-corrected chi connectivity index (χ3v) is 13.0. The van der Waals surface area contributed by atoms with E-state index in [0.29, 0.717) is 18.6 Å². The quantitative estimate of drug-likeness (QED) is 0.0490. The molecule has 0 aromatic rings. The molecule has 0 amide bonds. The molecule has 58 heavy (non-hydrogen) atoms. The molecule has 0 aliphatic rings. The van der Waals surface area contributed by atoms with Crippen LogP contribution in [0.1, 0.15) is 322 Å². The Morgan fingerprint density at radius 2 is 0.500 bits per heavy atom. The van der Waals surface area contributed by atoms with E-state index in [1.165, 1.54) is 238 Å². The van der Waals surface area contributed by atoms with Gasteiger partial charge in [-0.25, -0.2) is 0 Å². The zero-order chi connectivity index (χ0) is 42.3. The Hall–Kier alpha value is -1.19. The Balaban J connectivity index is 3.42. The van der Waals surface area contributed by atoms with Crippen molar-refractivity contribution >= 4 is 17.5 Å². The lowest BCUT2D eigenvalue weighted by Crippen LogP contribution is -2.23. The fourth-order valence-corrected chi connectivity index (χ4v) is 8.88. The van der Waals surface area contributed by atoms with Gasteiger partial charge in [0.05, 0.1) is 0 Å². The highest BCUT2D eigenvalue weighted by Crippen LogP contribution is 2.20. The molecule has 0 aliphatic heterocycles. The lowest BCUT2D eigenvalue weighted by molar-refractivity contribution is -0.146. The van der Waals surface area contributed by atoms with Gasteiger partial charge in [-0.3, -0.25) is 14.4 Å². The summed E-state index contributed by atoms with van der Waals surface area (Å²) < 4.78 is 0. The summed E-state index contributed by atoms with van der Waals surface area (Å²) in [6, 6.07) is 0. The van der Waals surface area contributed by atoms with Crippen LogP contribution in [0.25, 0.3) is 0 Å². The Bertz CT molecular complexity index is 852. The number of hydrogen-bond acceptors (Lipinski definition) is 3. The van der Waals surface area contributed by atoms with Gasteiger partial charge < -0.3 is 5.11 Å². The summed E-state index contributed by atoms with van der Waals surface area (Å²) in [5.74, 6) is -1.24. The molecular formula is C54H104O4. The Kier molecular flexibility index (Phi) is 47.5. The maximum absolute atomic E-state index is 12.6. The Morgan fingerprint density at radius 1 is 0.293 bits per heavy atom. The summed E-state index contributed by atoms with van der Waals surface area (Å²) in [5, 5.41) is 9.65. The molecule has 0 aromatic heterocycles. The van der Waals surface area contributed by atoms with Crippen LogP contribution in [0.5, 0.6) is 0 Å². The van der Waals surface area contributed by atoms with Crippen molar-refractivity contribution < 1.29 is 19.5 Å². The van der Waals surface area contributed by atoms with E-state index in [4.69, 9.17) is 0 Å². The first-order valence-corrected chi connectivity index (χ1v) is 26.8. The molecule has 1 N–H and O–H groups in total. The third kappa shape index (κ3) is 44.4. The molecule has 0 saturated heterocycles. The van der Waals surface area contributed by atoms with Crippen LogP contribution >= 0.6 is 0 Å². The maximum atomic E-state index is 12.6. The Morgan fingerprint density at radius 3 is 0.741 bits per heavy atom. The van der Waals surface area contributed by atoms with Gasteiger partial charge in [0.2, 0.25) is 0 Å². The lowest BCUT2D eigenvalue weighted by Gasteiger charge is -2.11. The first-order valence-electron chi connectivity index (χ1n) is 26.8. The molecule has 4 heteroatoms. The molecular weight excluding hydrogens is 713 g/mol. The molecule has 0 aliphatic carbocycles. The number of aliphatic carboxylic acids is 1. The predicted molar refractivity (Wildman–Crippen MR) is 254 cm³/mol. The molecule has 0 aromatic carbocycles. The number of carbonyl (C=O) groups excluding carboxylic acids is 2.